The highest BCUT2D eigenvalue weighted by atomic mass is 32.2. The van der Waals surface area contributed by atoms with E-state index in [9.17, 15) is 32.0 Å². The molecule has 0 aromatic heterocycles. The molecule has 0 spiro atoms. The number of rotatable bonds is 2. The van der Waals surface area contributed by atoms with Crippen LogP contribution in [0.3, 0.4) is 0 Å². The van der Waals surface area contributed by atoms with Crippen LogP contribution in [0.5, 0.6) is 5.75 Å². The van der Waals surface area contributed by atoms with Crippen LogP contribution in [0.2, 0.25) is 0 Å². The quantitative estimate of drug-likeness (QED) is 0.494. The summed E-state index contributed by atoms with van der Waals surface area (Å²) in [6, 6.07) is 1.17. The zero-order valence-electron chi connectivity index (χ0n) is 17.0. The summed E-state index contributed by atoms with van der Waals surface area (Å²) in [4.78, 5) is 49.0. The monoisotopic (exact) mass is 476 g/mol. The Bertz CT molecular complexity index is 1240. The lowest BCUT2D eigenvalue weighted by Crippen LogP contribution is -2.39. The fraction of sp³-hybridized carbons (Fsp3) is 0.300. The van der Waals surface area contributed by atoms with Crippen LogP contribution in [0.1, 0.15) is 25.7 Å². The first-order chi connectivity index (χ1) is 15.6. The molecule has 2 heterocycles. The Morgan fingerprint density at radius 3 is 2.24 bits per heavy atom. The highest BCUT2D eigenvalue weighted by Gasteiger charge is 2.41. The number of urea groups is 1. The fourth-order valence-corrected chi connectivity index (χ4v) is 3.83. The Hall–Kier alpha value is -4.05. The Labute approximate surface area is 188 Å². The van der Waals surface area contributed by atoms with E-state index in [1.54, 1.807) is 0 Å². The van der Waals surface area contributed by atoms with E-state index >= 15 is 0 Å². The molecule has 33 heavy (non-hydrogen) atoms. The molecule has 11 nitrogen and oxygen atoms in total. The van der Waals surface area contributed by atoms with Gasteiger partial charge in [0.2, 0.25) is 0 Å². The minimum Gasteiger partial charge on any atom is -0.481 e. The van der Waals surface area contributed by atoms with E-state index in [0.717, 1.165) is 23.8 Å². The Balaban J connectivity index is 0.000000383. The zero-order chi connectivity index (χ0) is 24.3. The maximum Gasteiger partial charge on any atom is 0.353 e. The minimum absolute atomic E-state index is 0.0170. The van der Waals surface area contributed by atoms with E-state index in [-0.39, 0.29) is 36.2 Å². The third kappa shape index (κ3) is 4.75. The number of carbonyl (C=O) groups is 4. The van der Waals surface area contributed by atoms with Crippen LogP contribution in [0.4, 0.5) is 20.6 Å². The van der Waals surface area contributed by atoms with Crippen molar-refractivity contribution >= 4 is 45.6 Å². The van der Waals surface area contributed by atoms with Crippen molar-refractivity contribution in [2.45, 2.75) is 25.7 Å². The predicted octanol–water partition coefficient (Wildman–Crippen LogP) is 1.06. The van der Waals surface area contributed by atoms with Crippen molar-refractivity contribution in [1.29, 1.82) is 0 Å². The number of fused-ring (bicyclic) bond motifs is 1. The smallest absolute Gasteiger partial charge is 0.353 e. The molecule has 0 saturated heterocycles. The van der Waals surface area contributed by atoms with Crippen molar-refractivity contribution in [3.05, 3.63) is 29.1 Å². The summed E-state index contributed by atoms with van der Waals surface area (Å²) < 4.78 is 41.0. The lowest BCUT2D eigenvalue weighted by Gasteiger charge is -2.29. The first-order valence-corrected chi connectivity index (χ1v) is 10.6. The summed E-state index contributed by atoms with van der Waals surface area (Å²) in [6.45, 7) is -0.262. The summed E-state index contributed by atoms with van der Waals surface area (Å²) in [5.74, 6) is 0.406. The number of hydrogen-bond acceptors (Lipinski definition) is 7. The summed E-state index contributed by atoms with van der Waals surface area (Å²) in [6.07, 6.45) is 8.01. The minimum atomic E-state index is -2.70. The second-order valence-electron chi connectivity index (χ2n) is 7.00. The maximum absolute atomic E-state index is 14.7. The normalized spacial score (nSPS) is 16.8. The molecule has 0 fully saturated rings. The van der Waals surface area contributed by atoms with Gasteiger partial charge < -0.3 is 10.5 Å². The third-order valence-corrected chi connectivity index (χ3v) is 5.35. The molecule has 2 N–H and O–H groups in total. The van der Waals surface area contributed by atoms with E-state index in [1.165, 1.54) is 11.0 Å². The Kier molecular flexibility index (Phi) is 6.88. The standard InChI is InChI=1S/C19H15FN2O4.CH2N2O3S/c1-2-7-21-15-9-14(13(20)8-16(15)26-10-17(21)23)22-18(24)11-5-3-4-6-12(11)19(22)25;2-1(4)3-7(5)6/h1,8-9H,3-7,10H2;(H2,2,4). The number of benzene rings is 1. The number of hydrogen-bond donors (Lipinski definition) is 1. The van der Waals surface area contributed by atoms with Gasteiger partial charge in [0, 0.05) is 17.2 Å². The molecule has 5 amide bonds. The lowest BCUT2D eigenvalue weighted by molar-refractivity contribution is -0.121. The number of terminal acetylenes is 1. The van der Waals surface area contributed by atoms with E-state index in [0.29, 0.717) is 24.0 Å². The van der Waals surface area contributed by atoms with E-state index < -0.39 is 34.2 Å². The van der Waals surface area contributed by atoms with E-state index in [1.807, 2.05) is 0 Å². The number of carbonyl (C=O) groups excluding carboxylic acids is 4. The topological polar surface area (TPSA) is 157 Å². The second kappa shape index (κ2) is 9.61. The number of ether oxygens (including phenoxy) is 1. The van der Waals surface area contributed by atoms with Crippen molar-refractivity contribution < 1.29 is 36.7 Å². The molecule has 3 aliphatic rings. The summed E-state index contributed by atoms with van der Waals surface area (Å²) >= 11 is 0. The van der Waals surface area contributed by atoms with Crippen molar-refractivity contribution in [2.75, 3.05) is 23.0 Å². The van der Waals surface area contributed by atoms with Gasteiger partial charge >= 0.3 is 16.5 Å². The number of nitrogens with zero attached hydrogens (tertiary/aromatic N) is 3. The second-order valence-corrected chi connectivity index (χ2v) is 7.62. The summed E-state index contributed by atoms with van der Waals surface area (Å²) in [7, 11) is -2.70. The van der Waals surface area contributed by atoms with Gasteiger partial charge in [0.15, 0.2) is 12.4 Å². The molecule has 1 aromatic carbocycles. The third-order valence-electron chi connectivity index (χ3n) is 5.02. The molecule has 0 unspecified atom stereocenters. The predicted molar refractivity (Wildman–Crippen MR) is 112 cm³/mol. The van der Waals surface area contributed by atoms with Gasteiger partial charge in [0.1, 0.15) is 5.75 Å². The van der Waals surface area contributed by atoms with Crippen LogP contribution in [0, 0.1) is 18.2 Å². The van der Waals surface area contributed by atoms with Crippen molar-refractivity contribution in [3.63, 3.8) is 0 Å². The molecule has 2 aliphatic heterocycles. The van der Waals surface area contributed by atoms with Crippen LogP contribution in [-0.4, -0.2) is 45.3 Å². The maximum atomic E-state index is 14.7. The van der Waals surface area contributed by atoms with Gasteiger partial charge in [-0.05, 0) is 31.7 Å². The summed E-state index contributed by atoms with van der Waals surface area (Å²) in [5.41, 5.74) is 5.29. The number of halogens is 1. The average Bonchev–Trinajstić information content (AvgIpc) is 3.00. The Morgan fingerprint density at radius 2 is 1.76 bits per heavy atom. The van der Waals surface area contributed by atoms with Gasteiger partial charge in [0.25, 0.3) is 17.7 Å². The Morgan fingerprint density at radius 1 is 1.15 bits per heavy atom. The molecule has 0 radical (unpaired) electrons. The van der Waals surface area contributed by atoms with Crippen LogP contribution < -0.4 is 20.3 Å². The van der Waals surface area contributed by atoms with Crippen molar-refractivity contribution in [3.8, 4) is 18.1 Å². The van der Waals surface area contributed by atoms with Gasteiger partial charge in [-0.3, -0.25) is 19.3 Å². The molecule has 13 heteroatoms. The molecule has 172 valence electrons. The van der Waals surface area contributed by atoms with Crippen LogP contribution in [-0.2, 0) is 24.9 Å². The van der Waals surface area contributed by atoms with Crippen LogP contribution in [0.15, 0.2) is 27.6 Å². The molecular weight excluding hydrogens is 459 g/mol. The van der Waals surface area contributed by atoms with Gasteiger partial charge in [-0.2, -0.15) is 8.42 Å². The van der Waals surface area contributed by atoms with E-state index in [2.05, 4.69) is 16.0 Å². The fourth-order valence-electron chi connectivity index (χ4n) is 3.68. The zero-order valence-corrected chi connectivity index (χ0v) is 17.9. The van der Waals surface area contributed by atoms with Gasteiger partial charge in [-0.25, -0.2) is 14.1 Å². The molecule has 0 atom stereocenters. The molecule has 0 saturated carbocycles. The molecule has 1 aliphatic carbocycles. The first kappa shape index (κ1) is 23.6. The van der Waals surface area contributed by atoms with Crippen LogP contribution >= 0.6 is 0 Å². The summed E-state index contributed by atoms with van der Waals surface area (Å²) in [5, 5.41) is 0. The largest absolute Gasteiger partial charge is 0.481 e. The first-order valence-electron chi connectivity index (χ1n) is 9.57. The number of amides is 5. The molecule has 4 rings (SSSR count). The van der Waals surface area contributed by atoms with Gasteiger partial charge in [-0.1, -0.05) is 10.3 Å². The number of nitrogens with two attached hydrogens (primary N) is 1. The molecule has 1 aromatic rings. The van der Waals surface area contributed by atoms with E-state index in [4.69, 9.17) is 11.2 Å². The van der Waals surface area contributed by atoms with Crippen molar-refractivity contribution in [2.24, 2.45) is 10.1 Å². The number of imide groups is 1. The van der Waals surface area contributed by atoms with Gasteiger partial charge in [-0.15, -0.1) is 6.42 Å². The molecular formula is C20H17FN4O7S. The molecule has 0 bridgehead atoms. The lowest BCUT2D eigenvalue weighted by atomic mass is 9.93. The van der Waals surface area contributed by atoms with Crippen molar-refractivity contribution in [1.82, 2.24) is 0 Å². The van der Waals surface area contributed by atoms with Crippen LogP contribution in [0.25, 0.3) is 0 Å². The average molecular weight is 476 g/mol. The SMILES string of the molecule is C#CCN1C(=O)COc2cc(F)c(N3C(=O)C4=C(CCCC4)C3=O)cc21.NC(=O)N=S(=O)=O. The number of anilines is 2. The highest BCUT2D eigenvalue weighted by molar-refractivity contribution is 7.62. The number of primary amides is 1. The highest BCUT2D eigenvalue weighted by Crippen LogP contribution is 2.41. The van der Waals surface area contributed by atoms with Gasteiger partial charge in [0.05, 0.1) is 17.9 Å².